The van der Waals surface area contributed by atoms with Gasteiger partial charge in [-0.05, 0) is 18.6 Å². The summed E-state index contributed by atoms with van der Waals surface area (Å²) in [7, 11) is 0. The summed E-state index contributed by atoms with van der Waals surface area (Å²) in [5.41, 5.74) is 0.549. The predicted octanol–water partition coefficient (Wildman–Crippen LogP) is 2.17. The van der Waals surface area contributed by atoms with Crippen LogP contribution in [-0.4, -0.2) is 11.0 Å². The van der Waals surface area contributed by atoms with E-state index in [1.165, 1.54) is 0 Å². The number of hydrogen-bond acceptors (Lipinski definition) is 3. The normalized spacial score (nSPS) is 11.1. The molecule has 1 heterocycles. The van der Waals surface area contributed by atoms with Crippen molar-refractivity contribution in [3.63, 3.8) is 0 Å². The van der Waals surface area contributed by atoms with E-state index in [1.54, 1.807) is 18.3 Å². The van der Waals surface area contributed by atoms with Crippen LogP contribution in [0.3, 0.4) is 0 Å². The molecule has 0 aliphatic rings. The summed E-state index contributed by atoms with van der Waals surface area (Å²) in [5.74, 6) is 3.22. The summed E-state index contributed by atoms with van der Waals surface area (Å²) in [5, 5.41) is 12.0. The molecule has 1 rings (SSSR count). The fraction of sp³-hybridized carbons (Fsp3) is 0.333. The van der Waals surface area contributed by atoms with E-state index in [9.17, 15) is 0 Å². The first-order valence-electron chi connectivity index (χ1n) is 4.87. The molecule has 0 amide bonds. The molecule has 1 aromatic heterocycles. The van der Waals surface area contributed by atoms with Gasteiger partial charge in [-0.15, -0.1) is 12.3 Å². The Kier molecular flexibility index (Phi) is 4.19. The van der Waals surface area contributed by atoms with Crippen molar-refractivity contribution in [2.75, 3.05) is 5.32 Å². The van der Waals surface area contributed by atoms with Gasteiger partial charge >= 0.3 is 0 Å². The largest absolute Gasteiger partial charge is 0.365 e. The Labute approximate surface area is 90.1 Å². The van der Waals surface area contributed by atoms with Crippen LogP contribution in [0.1, 0.15) is 25.3 Å². The predicted molar refractivity (Wildman–Crippen MR) is 60.1 cm³/mol. The molecule has 0 aliphatic carbocycles. The van der Waals surface area contributed by atoms with Crippen molar-refractivity contribution in [3.8, 4) is 18.4 Å². The Hall–Kier alpha value is -2.00. The first-order valence-corrected chi connectivity index (χ1v) is 4.87. The number of hydrogen-bond donors (Lipinski definition) is 1. The summed E-state index contributed by atoms with van der Waals surface area (Å²) in [6, 6.07) is 5.74. The van der Waals surface area contributed by atoms with Gasteiger partial charge in [-0.1, -0.05) is 6.92 Å². The van der Waals surface area contributed by atoms with E-state index < -0.39 is 0 Å². The zero-order valence-electron chi connectivity index (χ0n) is 8.70. The van der Waals surface area contributed by atoms with E-state index in [2.05, 4.69) is 22.3 Å². The molecule has 0 bridgehead atoms. The molecule has 1 atom stereocenters. The summed E-state index contributed by atoms with van der Waals surface area (Å²) in [4.78, 5) is 4.12. The van der Waals surface area contributed by atoms with Crippen LogP contribution in [0.15, 0.2) is 18.3 Å². The van der Waals surface area contributed by atoms with Crippen LogP contribution in [0.2, 0.25) is 0 Å². The Morgan fingerprint density at radius 2 is 2.47 bits per heavy atom. The summed E-state index contributed by atoms with van der Waals surface area (Å²) >= 11 is 0. The van der Waals surface area contributed by atoms with Gasteiger partial charge in [-0.25, -0.2) is 4.98 Å². The van der Waals surface area contributed by atoms with Crippen molar-refractivity contribution < 1.29 is 0 Å². The smallest absolute Gasteiger partial charge is 0.144 e. The molecule has 3 nitrogen and oxygen atoms in total. The van der Waals surface area contributed by atoms with Gasteiger partial charge in [-0.2, -0.15) is 5.26 Å². The molecule has 15 heavy (non-hydrogen) atoms. The van der Waals surface area contributed by atoms with Crippen molar-refractivity contribution in [3.05, 3.63) is 23.9 Å². The van der Waals surface area contributed by atoms with Crippen LogP contribution in [0.5, 0.6) is 0 Å². The molecule has 0 aliphatic heterocycles. The van der Waals surface area contributed by atoms with E-state index in [1.807, 2.05) is 6.92 Å². The third-order valence-corrected chi connectivity index (χ3v) is 2.13. The molecule has 0 radical (unpaired) electrons. The van der Waals surface area contributed by atoms with Crippen LogP contribution >= 0.6 is 0 Å². The molecule has 3 heteroatoms. The average Bonchev–Trinajstić information content (AvgIpc) is 2.29. The van der Waals surface area contributed by atoms with Gasteiger partial charge in [0.1, 0.15) is 11.9 Å². The minimum absolute atomic E-state index is 0.178. The number of anilines is 1. The monoisotopic (exact) mass is 199 g/mol. The van der Waals surface area contributed by atoms with Gasteiger partial charge in [0, 0.05) is 18.7 Å². The maximum Gasteiger partial charge on any atom is 0.144 e. The third-order valence-electron chi connectivity index (χ3n) is 2.13. The number of nitriles is 1. The highest BCUT2D eigenvalue weighted by atomic mass is 15.0. The molecule has 0 saturated heterocycles. The highest BCUT2D eigenvalue weighted by Crippen LogP contribution is 2.13. The van der Waals surface area contributed by atoms with Crippen LogP contribution in [0.25, 0.3) is 0 Å². The lowest BCUT2D eigenvalue weighted by molar-refractivity contribution is 0.711. The molecule has 0 spiro atoms. The number of rotatable bonds is 4. The van der Waals surface area contributed by atoms with Crippen LogP contribution in [0, 0.1) is 23.7 Å². The molecule has 0 fully saturated rings. The Morgan fingerprint density at radius 3 is 3.07 bits per heavy atom. The molecule has 76 valence electrons. The molecule has 0 saturated carbocycles. The van der Waals surface area contributed by atoms with E-state index in [0.717, 1.165) is 6.42 Å². The molecule has 0 aromatic carbocycles. The quantitative estimate of drug-likeness (QED) is 0.756. The number of terminal acetylenes is 1. The summed E-state index contributed by atoms with van der Waals surface area (Å²) < 4.78 is 0. The average molecular weight is 199 g/mol. The van der Waals surface area contributed by atoms with E-state index in [0.29, 0.717) is 17.8 Å². The second-order valence-corrected chi connectivity index (χ2v) is 3.17. The van der Waals surface area contributed by atoms with Crippen molar-refractivity contribution in [2.45, 2.75) is 25.8 Å². The number of aromatic nitrogens is 1. The maximum atomic E-state index is 8.86. The fourth-order valence-corrected chi connectivity index (χ4v) is 1.24. The second-order valence-electron chi connectivity index (χ2n) is 3.17. The molecule has 1 aromatic rings. The maximum absolute atomic E-state index is 8.86. The Balaban J connectivity index is 2.80. The lowest BCUT2D eigenvalue weighted by Crippen LogP contribution is -2.19. The highest BCUT2D eigenvalue weighted by molar-refractivity contribution is 5.51. The van der Waals surface area contributed by atoms with E-state index >= 15 is 0 Å². The molecule has 1 N–H and O–H groups in total. The molecule has 1 unspecified atom stereocenters. The number of nitrogens with one attached hydrogen (secondary N) is 1. The van der Waals surface area contributed by atoms with Gasteiger partial charge in [0.05, 0.1) is 5.56 Å². The minimum atomic E-state index is 0.178. The topological polar surface area (TPSA) is 48.7 Å². The van der Waals surface area contributed by atoms with E-state index in [-0.39, 0.29) is 6.04 Å². The lowest BCUT2D eigenvalue weighted by Gasteiger charge is -2.15. The SMILES string of the molecule is C#CCC(CC)Nc1ncccc1C#N. The van der Waals surface area contributed by atoms with Crippen LogP contribution in [0.4, 0.5) is 5.82 Å². The second kappa shape index (κ2) is 5.67. The van der Waals surface area contributed by atoms with Gasteiger partial charge in [0.25, 0.3) is 0 Å². The van der Waals surface area contributed by atoms with Crippen molar-refractivity contribution >= 4 is 5.82 Å². The van der Waals surface area contributed by atoms with Crippen LogP contribution < -0.4 is 5.32 Å². The lowest BCUT2D eigenvalue weighted by atomic mass is 10.1. The van der Waals surface area contributed by atoms with Crippen molar-refractivity contribution in [1.29, 1.82) is 5.26 Å². The Bertz CT molecular complexity index is 398. The zero-order valence-corrected chi connectivity index (χ0v) is 8.70. The third kappa shape index (κ3) is 3.00. The summed E-state index contributed by atoms with van der Waals surface area (Å²) in [6.45, 7) is 2.05. The van der Waals surface area contributed by atoms with Crippen LogP contribution in [-0.2, 0) is 0 Å². The fourth-order valence-electron chi connectivity index (χ4n) is 1.24. The standard InChI is InChI=1S/C12H13N3/c1-3-6-11(4-2)15-12-10(9-13)7-5-8-14-12/h1,5,7-8,11H,4,6H2,2H3,(H,14,15). The first-order chi connectivity index (χ1) is 7.31. The highest BCUT2D eigenvalue weighted by Gasteiger charge is 2.08. The Morgan fingerprint density at radius 1 is 1.67 bits per heavy atom. The number of pyridine rings is 1. The van der Waals surface area contributed by atoms with Crippen molar-refractivity contribution in [2.24, 2.45) is 0 Å². The number of nitrogens with zero attached hydrogens (tertiary/aromatic N) is 2. The van der Waals surface area contributed by atoms with E-state index in [4.69, 9.17) is 11.7 Å². The van der Waals surface area contributed by atoms with Gasteiger partial charge in [0.2, 0.25) is 0 Å². The van der Waals surface area contributed by atoms with Gasteiger partial charge < -0.3 is 5.32 Å². The van der Waals surface area contributed by atoms with Gasteiger partial charge in [-0.3, -0.25) is 0 Å². The van der Waals surface area contributed by atoms with Crippen molar-refractivity contribution in [1.82, 2.24) is 4.98 Å². The first kappa shape index (κ1) is 11.1. The minimum Gasteiger partial charge on any atom is -0.365 e. The van der Waals surface area contributed by atoms with Gasteiger partial charge in [0.15, 0.2) is 0 Å². The zero-order chi connectivity index (χ0) is 11.1. The molecular weight excluding hydrogens is 186 g/mol. The summed E-state index contributed by atoms with van der Waals surface area (Å²) in [6.07, 6.45) is 8.46. The molecular formula is C12H13N3.